The number of nitrogens with zero attached hydrogens (tertiary/aromatic N) is 1. The van der Waals surface area contributed by atoms with E-state index in [0.717, 1.165) is 10.2 Å². The average molecular weight is 401 g/mol. The molecule has 2 aromatic rings. The normalized spacial score (nSPS) is 11.2. The Hall–Kier alpha value is -1.56. The summed E-state index contributed by atoms with van der Waals surface area (Å²) in [5, 5.41) is 0.881. The molecule has 0 saturated carbocycles. The third kappa shape index (κ3) is 4.73. The van der Waals surface area contributed by atoms with Crippen LogP contribution in [0.15, 0.2) is 51.9 Å². The first-order valence-corrected chi connectivity index (χ1v) is 7.83. The lowest BCUT2D eigenvalue weighted by molar-refractivity contribution is -0.111. The van der Waals surface area contributed by atoms with Gasteiger partial charge in [-0.3, -0.25) is 15.6 Å². The van der Waals surface area contributed by atoms with E-state index in [-0.39, 0.29) is 11.6 Å². The smallest absolute Gasteiger partial charge is 0.196 e. The van der Waals surface area contributed by atoms with Gasteiger partial charge in [-0.2, -0.15) is 0 Å². The molecule has 0 heterocycles. The molecular weight excluding hydrogens is 389 g/mol. The lowest BCUT2D eigenvalue weighted by Gasteiger charge is -2.10. The third-order valence-electron chi connectivity index (χ3n) is 2.64. The molecule has 4 nitrogen and oxygen atoms in total. The van der Waals surface area contributed by atoms with Crippen LogP contribution in [0.4, 0.5) is 11.4 Å². The van der Waals surface area contributed by atoms with Crippen molar-refractivity contribution in [3.05, 3.63) is 57.0 Å². The lowest BCUT2D eigenvalue weighted by Crippen LogP contribution is -2.34. The largest absolute Gasteiger partial charge is 0.300 e. The highest BCUT2D eigenvalue weighted by Gasteiger charge is 2.08. The zero-order valence-corrected chi connectivity index (χ0v) is 14.6. The summed E-state index contributed by atoms with van der Waals surface area (Å²) in [4.78, 5) is 15.9. The Labute approximate surface area is 146 Å². The molecule has 0 saturated heterocycles. The molecule has 0 spiro atoms. The number of carbonyl (C=O) groups is 1. The van der Waals surface area contributed by atoms with Crippen molar-refractivity contribution in [2.45, 2.75) is 6.92 Å². The zero-order valence-electron chi connectivity index (χ0n) is 11.5. The van der Waals surface area contributed by atoms with Gasteiger partial charge in [-0.05, 0) is 42.5 Å². The number of hydrazine groups is 1. The Morgan fingerprint density at radius 2 is 1.82 bits per heavy atom. The second kappa shape index (κ2) is 7.63. The van der Waals surface area contributed by atoms with Crippen LogP contribution in [-0.4, -0.2) is 11.6 Å². The number of anilines is 1. The van der Waals surface area contributed by atoms with Crippen molar-refractivity contribution in [1.82, 2.24) is 5.43 Å². The van der Waals surface area contributed by atoms with E-state index >= 15 is 0 Å². The predicted octanol–water partition coefficient (Wildman–Crippen LogP) is 4.99. The minimum atomic E-state index is -0.226. The van der Waals surface area contributed by atoms with E-state index in [1.54, 1.807) is 18.2 Å². The number of amidine groups is 1. The van der Waals surface area contributed by atoms with Crippen LogP contribution in [0, 0.1) is 0 Å². The van der Waals surface area contributed by atoms with E-state index in [2.05, 4.69) is 31.8 Å². The van der Waals surface area contributed by atoms with Gasteiger partial charge in [-0.25, -0.2) is 4.99 Å². The molecule has 2 rings (SSSR count). The topological polar surface area (TPSA) is 53.5 Å². The highest BCUT2D eigenvalue weighted by Crippen LogP contribution is 2.27. The number of benzene rings is 2. The van der Waals surface area contributed by atoms with Crippen molar-refractivity contribution in [2.24, 2.45) is 4.99 Å². The molecule has 0 amide bonds. The van der Waals surface area contributed by atoms with Gasteiger partial charge in [0.05, 0.1) is 16.4 Å². The molecule has 7 heteroatoms. The maximum absolute atomic E-state index is 11.7. The number of Topliss-reactive ketones (excluding diaryl/α,β-unsaturated/α-hetero) is 1. The Morgan fingerprint density at radius 1 is 1.14 bits per heavy atom. The third-order valence-corrected chi connectivity index (χ3v) is 3.71. The summed E-state index contributed by atoms with van der Waals surface area (Å²) in [6, 6.07) is 12.3. The molecule has 0 aliphatic carbocycles. The fourth-order valence-corrected chi connectivity index (χ4v) is 2.27. The van der Waals surface area contributed by atoms with Crippen LogP contribution in [-0.2, 0) is 4.79 Å². The van der Waals surface area contributed by atoms with Crippen molar-refractivity contribution in [2.75, 3.05) is 5.43 Å². The minimum Gasteiger partial charge on any atom is -0.300 e. The maximum Gasteiger partial charge on any atom is 0.196 e. The molecule has 22 heavy (non-hydrogen) atoms. The number of hydrogen-bond donors (Lipinski definition) is 2. The molecular formula is C15H12BrCl2N3O. The van der Waals surface area contributed by atoms with Crippen LogP contribution in [0.25, 0.3) is 0 Å². The van der Waals surface area contributed by atoms with Crippen molar-refractivity contribution < 1.29 is 4.79 Å². The summed E-state index contributed by atoms with van der Waals surface area (Å²) in [5.74, 6) is -0.0808. The summed E-state index contributed by atoms with van der Waals surface area (Å²) in [7, 11) is 0. The van der Waals surface area contributed by atoms with Crippen LogP contribution >= 0.6 is 39.1 Å². The summed E-state index contributed by atoms with van der Waals surface area (Å²) < 4.78 is 0.964. The van der Waals surface area contributed by atoms with Crippen LogP contribution in [0.2, 0.25) is 10.0 Å². The average Bonchev–Trinajstić information content (AvgIpc) is 2.47. The van der Waals surface area contributed by atoms with Crippen LogP contribution in [0.5, 0.6) is 0 Å². The Morgan fingerprint density at radius 3 is 2.41 bits per heavy atom. The van der Waals surface area contributed by atoms with Crippen LogP contribution in [0.3, 0.4) is 0 Å². The van der Waals surface area contributed by atoms with E-state index in [1.165, 1.54) is 6.92 Å². The highest BCUT2D eigenvalue weighted by molar-refractivity contribution is 9.10. The number of rotatable bonds is 4. The molecule has 0 aliphatic rings. The fraction of sp³-hybridized carbons (Fsp3) is 0.0667. The summed E-state index contributed by atoms with van der Waals surface area (Å²) in [5.41, 5.74) is 6.95. The number of hydrogen-bond acceptors (Lipinski definition) is 3. The molecule has 0 bridgehead atoms. The van der Waals surface area contributed by atoms with E-state index in [0.29, 0.717) is 15.7 Å². The predicted molar refractivity (Wildman–Crippen MR) is 95.1 cm³/mol. The first kappa shape index (κ1) is 16.8. The molecule has 0 radical (unpaired) electrons. The SMILES string of the molecule is CC(=O)C(=Nc1ccc(Cl)cc1Cl)NNc1ccc(Br)cc1. The molecule has 0 fully saturated rings. The van der Waals surface area contributed by atoms with Crippen LogP contribution in [0.1, 0.15) is 6.92 Å². The Bertz CT molecular complexity index is 717. The van der Waals surface area contributed by atoms with Gasteiger partial charge in [-0.15, -0.1) is 0 Å². The van der Waals surface area contributed by atoms with Crippen molar-refractivity contribution in [3.63, 3.8) is 0 Å². The number of halogens is 3. The van der Waals surface area contributed by atoms with E-state index in [9.17, 15) is 4.79 Å². The minimum absolute atomic E-state index is 0.146. The van der Waals surface area contributed by atoms with Crippen molar-refractivity contribution in [3.8, 4) is 0 Å². The van der Waals surface area contributed by atoms with E-state index < -0.39 is 0 Å². The van der Waals surface area contributed by atoms with Gasteiger partial charge in [-0.1, -0.05) is 39.1 Å². The zero-order chi connectivity index (χ0) is 16.1. The fourth-order valence-electron chi connectivity index (χ4n) is 1.55. The summed E-state index contributed by atoms with van der Waals surface area (Å²) >= 11 is 15.3. The molecule has 2 aromatic carbocycles. The second-order valence-electron chi connectivity index (χ2n) is 4.37. The second-order valence-corrected chi connectivity index (χ2v) is 6.13. The first-order chi connectivity index (χ1) is 10.5. The standard InChI is InChI=1S/C15H12BrCl2N3O/c1-9(22)15(19-14-7-4-11(17)8-13(14)18)21-20-12-5-2-10(16)3-6-12/h2-8,20H,1H3,(H,19,21). The van der Waals surface area contributed by atoms with Crippen LogP contribution < -0.4 is 10.9 Å². The highest BCUT2D eigenvalue weighted by atomic mass is 79.9. The van der Waals surface area contributed by atoms with E-state index in [1.807, 2.05) is 24.3 Å². The van der Waals surface area contributed by atoms with Crippen molar-refractivity contribution in [1.29, 1.82) is 0 Å². The van der Waals surface area contributed by atoms with Gasteiger partial charge < -0.3 is 0 Å². The molecule has 2 N–H and O–H groups in total. The summed E-state index contributed by atoms with van der Waals surface area (Å²) in [6.07, 6.45) is 0. The van der Waals surface area contributed by atoms with Gasteiger partial charge in [0.15, 0.2) is 11.6 Å². The maximum atomic E-state index is 11.7. The number of carbonyl (C=O) groups excluding carboxylic acids is 1. The Balaban J connectivity index is 2.17. The summed E-state index contributed by atoms with van der Waals surface area (Å²) in [6.45, 7) is 1.42. The number of nitrogens with one attached hydrogen (secondary N) is 2. The Kier molecular flexibility index (Phi) is 5.83. The quantitative estimate of drug-likeness (QED) is 0.431. The van der Waals surface area contributed by atoms with Crippen molar-refractivity contribution >= 4 is 62.1 Å². The van der Waals surface area contributed by atoms with E-state index in [4.69, 9.17) is 23.2 Å². The monoisotopic (exact) mass is 399 g/mol. The first-order valence-electron chi connectivity index (χ1n) is 6.28. The van der Waals surface area contributed by atoms with Gasteiger partial charge in [0.2, 0.25) is 0 Å². The lowest BCUT2D eigenvalue weighted by atomic mass is 10.3. The molecule has 0 aromatic heterocycles. The van der Waals surface area contributed by atoms with Gasteiger partial charge in [0, 0.05) is 16.4 Å². The number of ketones is 1. The molecule has 114 valence electrons. The molecule has 0 aliphatic heterocycles. The van der Waals surface area contributed by atoms with Gasteiger partial charge in [0.25, 0.3) is 0 Å². The molecule has 0 unspecified atom stereocenters. The molecule has 0 atom stereocenters. The number of aliphatic imine (C=N–C) groups is 1. The van der Waals surface area contributed by atoms with Gasteiger partial charge >= 0.3 is 0 Å². The van der Waals surface area contributed by atoms with Gasteiger partial charge in [0.1, 0.15) is 0 Å².